The summed E-state index contributed by atoms with van der Waals surface area (Å²) in [4.78, 5) is 18.1. The summed E-state index contributed by atoms with van der Waals surface area (Å²) in [5.74, 6) is 0.377. The van der Waals surface area contributed by atoms with E-state index in [9.17, 15) is 4.79 Å². The van der Waals surface area contributed by atoms with E-state index in [1.807, 2.05) is 0 Å². The number of carbonyl (C=O) groups excluding carboxylic acids is 1. The van der Waals surface area contributed by atoms with Gasteiger partial charge in [0.25, 0.3) is 0 Å². The van der Waals surface area contributed by atoms with Gasteiger partial charge in [-0.2, -0.15) is 0 Å². The highest BCUT2D eigenvalue weighted by atomic mass is 79.9. The third kappa shape index (κ3) is 2.92. The number of amides is 1. The van der Waals surface area contributed by atoms with Gasteiger partial charge in [0.2, 0.25) is 5.91 Å². The van der Waals surface area contributed by atoms with Crippen molar-refractivity contribution < 1.29 is 4.79 Å². The summed E-state index contributed by atoms with van der Waals surface area (Å²) in [5, 5.41) is 0. The van der Waals surface area contributed by atoms with Gasteiger partial charge in [0, 0.05) is 36.7 Å². The third-order valence-corrected chi connectivity index (χ3v) is 6.98. The maximum Gasteiger partial charge on any atom is 0.233 e. The van der Waals surface area contributed by atoms with E-state index in [2.05, 4.69) is 50.0 Å². The molecule has 3 nitrogen and oxygen atoms in total. The third-order valence-electron chi connectivity index (χ3n) is 6.46. The van der Waals surface area contributed by atoms with Crippen molar-refractivity contribution in [2.45, 2.75) is 56.4 Å². The molecule has 0 spiro atoms. The zero-order valence-corrected chi connectivity index (χ0v) is 15.9. The summed E-state index contributed by atoms with van der Waals surface area (Å²) in [7, 11) is 0. The van der Waals surface area contributed by atoms with Gasteiger partial charge in [-0.15, -0.1) is 0 Å². The Balaban J connectivity index is 1.44. The van der Waals surface area contributed by atoms with Crippen LogP contribution in [0, 0.1) is 0 Å². The average molecular weight is 391 g/mol. The lowest BCUT2D eigenvalue weighted by Gasteiger charge is -2.46. The van der Waals surface area contributed by atoms with E-state index in [-0.39, 0.29) is 5.41 Å². The second-order valence-corrected chi connectivity index (χ2v) is 8.62. The Morgan fingerprint density at radius 3 is 2.12 bits per heavy atom. The van der Waals surface area contributed by atoms with Gasteiger partial charge in [0.05, 0.1) is 5.41 Å². The largest absolute Gasteiger partial charge is 0.339 e. The molecule has 1 aliphatic heterocycles. The second kappa shape index (κ2) is 6.80. The molecule has 0 atom stereocenters. The van der Waals surface area contributed by atoms with Crippen LogP contribution in [0.2, 0.25) is 0 Å². The summed E-state index contributed by atoms with van der Waals surface area (Å²) in [6.07, 6.45) is 8.68. The van der Waals surface area contributed by atoms with E-state index < -0.39 is 0 Å². The Bertz CT molecular complexity index is 582. The fraction of sp³-hybridized carbons (Fsp3) is 0.650. The number of hydrogen-bond acceptors (Lipinski definition) is 2. The van der Waals surface area contributed by atoms with E-state index in [0.29, 0.717) is 5.91 Å². The molecule has 3 fully saturated rings. The minimum Gasteiger partial charge on any atom is -0.339 e. The Morgan fingerprint density at radius 2 is 1.58 bits per heavy atom. The van der Waals surface area contributed by atoms with Crippen molar-refractivity contribution in [2.24, 2.45) is 0 Å². The van der Waals surface area contributed by atoms with Crippen LogP contribution in [0.15, 0.2) is 28.7 Å². The molecule has 2 aliphatic carbocycles. The predicted molar refractivity (Wildman–Crippen MR) is 100 cm³/mol. The molecule has 0 N–H and O–H groups in total. The molecule has 1 aromatic rings. The van der Waals surface area contributed by atoms with Crippen LogP contribution < -0.4 is 0 Å². The van der Waals surface area contributed by atoms with E-state index in [1.165, 1.54) is 37.7 Å². The van der Waals surface area contributed by atoms with Crippen LogP contribution in [0.4, 0.5) is 0 Å². The van der Waals surface area contributed by atoms with Gasteiger partial charge in [-0.25, -0.2) is 0 Å². The SMILES string of the molecule is O=C(N1CCN(C2CCCC2)CC1)C1(c2ccc(Br)cc2)CCC1. The lowest BCUT2D eigenvalue weighted by atomic mass is 9.63. The first-order valence-electron chi connectivity index (χ1n) is 9.48. The van der Waals surface area contributed by atoms with Crippen molar-refractivity contribution in [1.82, 2.24) is 9.80 Å². The molecular weight excluding hydrogens is 364 g/mol. The smallest absolute Gasteiger partial charge is 0.233 e. The summed E-state index contributed by atoms with van der Waals surface area (Å²) in [6, 6.07) is 9.19. The maximum atomic E-state index is 13.3. The van der Waals surface area contributed by atoms with E-state index in [1.54, 1.807) is 0 Å². The zero-order valence-electron chi connectivity index (χ0n) is 14.3. The quantitative estimate of drug-likeness (QED) is 0.779. The highest BCUT2D eigenvalue weighted by Crippen LogP contribution is 2.45. The molecule has 4 heteroatoms. The molecule has 2 saturated carbocycles. The lowest BCUT2D eigenvalue weighted by Crippen LogP contribution is -2.57. The molecule has 1 saturated heterocycles. The summed E-state index contributed by atoms with van der Waals surface area (Å²) < 4.78 is 1.08. The first-order valence-corrected chi connectivity index (χ1v) is 10.3. The van der Waals surface area contributed by atoms with Crippen LogP contribution in [0.5, 0.6) is 0 Å². The molecule has 0 unspecified atom stereocenters. The number of piperazine rings is 1. The number of nitrogens with zero attached hydrogens (tertiary/aromatic N) is 2. The van der Waals surface area contributed by atoms with Gasteiger partial charge in [-0.05, 0) is 43.4 Å². The first-order chi connectivity index (χ1) is 11.7. The minimum absolute atomic E-state index is 0.240. The van der Waals surface area contributed by atoms with Crippen LogP contribution >= 0.6 is 15.9 Å². The van der Waals surface area contributed by atoms with Crippen LogP contribution in [0.25, 0.3) is 0 Å². The normalized spacial score (nSPS) is 24.8. The van der Waals surface area contributed by atoms with Crippen LogP contribution in [0.3, 0.4) is 0 Å². The Hall–Kier alpha value is -0.870. The van der Waals surface area contributed by atoms with Crippen molar-refractivity contribution in [3.8, 4) is 0 Å². The van der Waals surface area contributed by atoms with Crippen molar-refractivity contribution in [3.63, 3.8) is 0 Å². The molecule has 1 amide bonds. The van der Waals surface area contributed by atoms with E-state index in [4.69, 9.17) is 0 Å². The van der Waals surface area contributed by atoms with Crippen LogP contribution in [0.1, 0.15) is 50.5 Å². The van der Waals surface area contributed by atoms with Gasteiger partial charge < -0.3 is 4.90 Å². The van der Waals surface area contributed by atoms with Crippen molar-refractivity contribution in [3.05, 3.63) is 34.3 Å². The fourth-order valence-corrected chi connectivity index (χ4v) is 5.05. The Labute approximate surface area is 153 Å². The fourth-order valence-electron chi connectivity index (χ4n) is 4.79. The number of carbonyl (C=O) groups is 1. The zero-order chi connectivity index (χ0) is 16.6. The van der Waals surface area contributed by atoms with Gasteiger partial charge in [0.1, 0.15) is 0 Å². The molecule has 0 radical (unpaired) electrons. The topological polar surface area (TPSA) is 23.6 Å². The van der Waals surface area contributed by atoms with E-state index >= 15 is 0 Å². The maximum absolute atomic E-state index is 13.3. The molecule has 0 aromatic heterocycles. The molecule has 24 heavy (non-hydrogen) atoms. The summed E-state index contributed by atoms with van der Waals surface area (Å²) in [5.41, 5.74) is 0.969. The molecule has 130 valence electrons. The van der Waals surface area contributed by atoms with Gasteiger partial charge in [0.15, 0.2) is 0 Å². The lowest BCUT2D eigenvalue weighted by molar-refractivity contribution is -0.143. The van der Waals surface area contributed by atoms with Crippen molar-refractivity contribution in [2.75, 3.05) is 26.2 Å². The van der Waals surface area contributed by atoms with Crippen LogP contribution in [-0.2, 0) is 10.2 Å². The second-order valence-electron chi connectivity index (χ2n) is 7.71. The average Bonchev–Trinajstić information content (AvgIpc) is 3.10. The van der Waals surface area contributed by atoms with Gasteiger partial charge in [-0.1, -0.05) is 47.3 Å². The molecule has 3 aliphatic rings. The van der Waals surface area contributed by atoms with Crippen molar-refractivity contribution in [1.29, 1.82) is 0 Å². The molecule has 1 aromatic carbocycles. The molecule has 4 rings (SSSR count). The minimum atomic E-state index is -0.240. The van der Waals surface area contributed by atoms with E-state index in [0.717, 1.165) is 49.5 Å². The monoisotopic (exact) mass is 390 g/mol. The highest BCUT2D eigenvalue weighted by Gasteiger charge is 2.48. The summed E-state index contributed by atoms with van der Waals surface area (Å²) in [6.45, 7) is 3.95. The first kappa shape index (κ1) is 16.6. The molecular formula is C20H27BrN2O. The number of halogens is 1. The Kier molecular flexibility index (Phi) is 4.70. The standard InChI is InChI=1S/C20H27BrN2O/c21-17-8-6-16(7-9-17)20(10-3-11-20)19(24)23-14-12-22(13-15-23)18-4-1-2-5-18/h6-9,18H,1-5,10-15H2. The van der Waals surface area contributed by atoms with Crippen LogP contribution in [-0.4, -0.2) is 47.9 Å². The number of hydrogen-bond donors (Lipinski definition) is 0. The summed E-state index contributed by atoms with van der Waals surface area (Å²) >= 11 is 3.50. The Morgan fingerprint density at radius 1 is 0.958 bits per heavy atom. The predicted octanol–water partition coefficient (Wildman–Crippen LogP) is 3.96. The number of benzene rings is 1. The highest BCUT2D eigenvalue weighted by molar-refractivity contribution is 9.10. The van der Waals surface area contributed by atoms with Gasteiger partial charge in [-0.3, -0.25) is 9.69 Å². The van der Waals surface area contributed by atoms with Crippen molar-refractivity contribution >= 4 is 21.8 Å². The molecule has 1 heterocycles. The molecule has 0 bridgehead atoms. The van der Waals surface area contributed by atoms with Gasteiger partial charge >= 0.3 is 0 Å². The number of rotatable bonds is 3.